The summed E-state index contributed by atoms with van der Waals surface area (Å²) in [4.78, 5) is 0. The van der Waals surface area contributed by atoms with Gasteiger partial charge in [0.25, 0.3) is 0 Å². The van der Waals surface area contributed by atoms with E-state index >= 15 is 0 Å². The summed E-state index contributed by atoms with van der Waals surface area (Å²) in [5, 5.41) is 10.5. The fourth-order valence-corrected chi connectivity index (χ4v) is 4.34. The maximum absolute atomic E-state index is 11.7. The van der Waals surface area contributed by atoms with E-state index in [0.717, 1.165) is 12.8 Å². The Bertz CT molecular complexity index is 379. The number of nitrogens with zero attached hydrogens (tertiary/aromatic N) is 1. The summed E-state index contributed by atoms with van der Waals surface area (Å²) in [6, 6.07) is 0. The van der Waals surface area contributed by atoms with E-state index in [1.807, 2.05) is 0 Å². The van der Waals surface area contributed by atoms with Crippen molar-refractivity contribution in [1.82, 2.24) is 4.31 Å². The lowest BCUT2D eigenvalue weighted by molar-refractivity contribution is -0.0359. The van der Waals surface area contributed by atoms with Crippen LogP contribution in [0.1, 0.15) is 46.0 Å². The maximum atomic E-state index is 11.7. The van der Waals surface area contributed by atoms with Gasteiger partial charge in [0.15, 0.2) is 0 Å². The molecule has 17 heavy (non-hydrogen) atoms. The Kier molecular flexibility index (Phi) is 3.30. The SMILES string of the molecule is CC1(C)CCC(O)(CN2CCCS2(=O)=O)CC1. The molecule has 5 heteroatoms. The number of hydrogen-bond acceptors (Lipinski definition) is 3. The fraction of sp³-hybridized carbons (Fsp3) is 1.00. The van der Waals surface area contributed by atoms with E-state index in [-0.39, 0.29) is 11.2 Å². The van der Waals surface area contributed by atoms with Gasteiger partial charge >= 0.3 is 0 Å². The molecule has 1 heterocycles. The van der Waals surface area contributed by atoms with Gasteiger partial charge < -0.3 is 5.11 Å². The summed E-state index contributed by atoms with van der Waals surface area (Å²) in [7, 11) is -3.08. The van der Waals surface area contributed by atoms with Crippen LogP contribution in [0, 0.1) is 5.41 Å². The first-order valence-electron chi connectivity index (χ1n) is 6.43. The number of aliphatic hydroxyl groups is 1. The van der Waals surface area contributed by atoms with E-state index in [0.29, 0.717) is 32.4 Å². The van der Waals surface area contributed by atoms with Gasteiger partial charge in [0.05, 0.1) is 11.4 Å². The van der Waals surface area contributed by atoms with E-state index in [4.69, 9.17) is 0 Å². The Labute approximate surface area is 104 Å². The smallest absolute Gasteiger partial charge is 0.214 e. The van der Waals surface area contributed by atoms with Crippen LogP contribution in [0.4, 0.5) is 0 Å². The molecule has 2 fully saturated rings. The molecular formula is C12H23NO3S. The third-order valence-corrected chi connectivity index (χ3v) is 6.11. The highest BCUT2D eigenvalue weighted by atomic mass is 32.2. The van der Waals surface area contributed by atoms with Crippen molar-refractivity contribution < 1.29 is 13.5 Å². The molecule has 1 aliphatic carbocycles. The molecular weight excluding hydrogens is 238 g/mol. The fourth-order valence-electron chi connectivity index (χ4n) is 2.75. The van der Waals surface area contributed by atoms with Gasteiger partial charge in [-0.15, -0.1) is 0 Å². The Balaban J connectivity index is 2.00. The molecule has 4 nitrogen and oxygen atoms in total. The quantitative estimate of drug-likeness (QED) is 0.816. The summed E-state index contributed by atoms with van der Waals surface area (Å²) < 4.78 is 24.9. The third kappa shape index (κ3) is 3.01. The predicted molar refractivity (Wildman–Crippen MR) is 67.2 cm³/mol. The molecule has 2 aliphatic rings. The summed E-state index contributed by atoms with van der Waals surface area (Å²) in [6.07, 6.45) is 4.07. The molecule has 0 amide bonds. The van der Waals surface area contributed by atoms with Gasteiger partial charge in [-0.05, 0) is 37.5 Å². The standard InChI is InChI=1S/C12H23NO3S/c1-11(2)4-6-12(14,7-5-11)10-13-8-3-9-17(13,15)16/h14H,3-10H2,1-2H3. The van der Waals surface area contributed by atoms with Crippen molar-refractivity contribution in [3.63, 3.8) is 0 Å². The van der Waals surface area contributed by atoms with Crippen LogP contribution in [-0.2, 0) is 10.0 Å². The van der Waals surface area contributed by atoms with Gasteiger partial charge in [-0.1, -0.05) is 13.8 Å². The summed E-state index contributed by atoms with van der Waals surface area (Å²) in [5.41, 5.74) is -0.511. The van der Waals surface area contributed by atoms with Crippen molar-refractivity contribution in [2.75, 3.05) is 18.8 Å². The lowest BCUT2D eigenvalue weighted by atomic mass is 9.71. The molecule has 1 aliphatic heterocycles. The minimum Gasteiger partial charge on any atom is -0.389 e. The van der Waals surface area contributed by atoms with Crippen LogP contribution in [0.15, 0.2) is 0 Å². The Morgan fingerprint density at radius 2 is 1.76 bits per heavy atom. The zero-order valence-electron chi connectivity index (χ0n) is 10.8. The largest absolute Gasteiger partial charge is 0.389 e. The molecule has 0 atom stereocenters. The van der Waals surface area contributed by atoms with Crippen molar-refractivity contribution >= 4 is 10.0 Å². The summed E-state index contributed by atoms with van der Waals surface area (Å²) in [6.45, 7) is 5.29. The first kappa shape index (κ1) is 13.3. The maximum Gasteiger partial charge on any atom is 0.214 e. The van der Waals surface area contributed by atoms with Crippen LogP contribution in [0.5, 0.6) is 0 Å². The van der Waals surface area contributed by atoms with Crippen molar-refractivity contribution in [1.29, 1.82) is 0 Å². The van der Waals surface area contributed by atoms with Crippen molar-refractivity contribution in [3.05, 3.63) is 0 Å². The van der Waals surface area contributed by atoms with Crippen LogP contribution in [-0.4, -0.2) is 42.3 Å². The van der Waals surface area contributed by atoms with Crippen molar-refractivity contribution in [3.8, 4) is 0 Å². The molecule has 1 saturated carbocycles. The minimum absolute atomic E-state index is 0.245. The van der Waals surface area contributed by atoms with Crippen molar-refractivity contribution in [2.24, 2.45) is 5.41 Å². The van der Waals surface area contributed by atoms with E-state index in [1.54, 1.807) is 0 Å². The highest BCUT2D eigenvalue weighted by Crippen LogP contribution is 2.40. The van der Waals surface area contributed by atoms with Crippen molar-refractivity contribution in [2.45, 2.75) is 51.6 Å². The van der Waals surface area contributed by atoms with Crippen LogP contribution >= 0.6 is 0 Å². The van der Waals surface area contributed by atoms with E-state index in [2.05, 4.69) is 13.8 Å². The van der Waals surface area contributed by atoms with Gasteiger partial charge in [-0.3, -0.25) is 0 Å². The van der Waals surface area contributed by atoms with Gasteiger partial charge in [-0.2, -0.15) is 4.31 Å². The molecule has 0 aromatic heterocycles. The second-order valence-electron chi connectivity index (χ2n) is 6.39. The molecule has 0 unspecified atom stereocenters. The number of β-amino-alcohol motifs (C(OH)–C–C–N with tert-alkyl or cyclic N) is 1. The van der Waals surface area contributed by atoms with Crippen LogP contribution in [0.3, 0.4) is 0 Å². The van der Waals surface area contributed by atoms with Gasteiger partial charge in [0.2, 0.25) is 10.0 Å². The highest BCUT2D eigenvalue weighted by Gasteiger charge is 2.41. The molecule has 0 aromatic rings. The second-order valence-corrected chi connectivity index (χ2v) is 8.48. The van der Waals surface area contributed by atoms with E-state index < -0.39 is 15.6 Å². The number of hydrogen-bond donors (Lipinski definition) is 1. The van der Waals surface area contributed by atoms with Gasteiger partial charge in [0.1, 0.15) is 0 Å². The Hall–Kier alpha value is -0.130. The monoisotopic (exact) mass is 261 g/mol. The average Bonchev–Trinajstić information content (AvgIpc) is 2.52. The molecule has 0 bridgehead atoms. The van der Waals surface area contributed by atoms with E-state index in [1.165, 1.54) is 4.31 Å². The Morgan fingerprint density at radius 3 is 2.24 bits per heavy atom. The van der Waals surface area contributed by atoms with E-state index in [9.17, 15) is 13.5 Å². The summed E-state index contributed by atoms with van der Waals surface area (Å²) in [5.74, 6) is 0.245. The second kappa shape index (κ2) is 4.21. The number of sulfonamides is 1. The predicted octanol–water partition coefficient (Wildman–Crippen LogP) is 1.35. The first-order valence-corrected chi connectivity index (χ1v) is 8.04. The zero-order valence-corrected chi connectivity index (χ0v) is 11.6. The molecule has 0 radical (unpaired) electrons. The minimum atomic E-state index is -3.08. The third-order valence-electron chi connectivity index (χ3n) is 4.21. The van der Waals surface area contributed by atoms with Crippen LogP contribution in [0.2, 0.25) is 0 Å². The zero-order chi connectivity index (χ0) is 12.7. The van der Waals surface area contributed by atoms with Gasteiger partial charge in [-0.25, -0.2) is 8.42 Å². The topological polar surface area (TPSA) is 57.6 Å². The first-order chi connectivity index (χ1) is 7.73. The number of rotatable bonds is 2. The molecule has 0 aromatic carbocycles. The normalized spacial score (nSPS) is 31.5. The molecule has 2 rings (SSSR count). The highest BCUT2D eigenvalue weighted by molar-refractivity contribution is 7.89. The molecule has 100 valence electrons. The lowest BCUT2D eigenvalue weighted by Gasteiger charge is -2.41. The van der Waals surface area contributed by atoms with Gasteiger partial charge in [0, 0.05) is 13.1 Å². The van der Waals surface area contributed by atoms with Crippen LogP contribution in [0.25, 0.3) is 0 Å². The Morgan fingerprint density at radius 1 is 1.18 bits per heavy atom. The average molecular weight is 261 g/mol. The molecule has 1 saturated heterocycles. The molecule has 0 spiro atoms. The van der Waals surface area contributed by atoms with Crippen LogP contribution < -0.4 is 0 Å². The lowest BCUT2D eigenvalue weighted by Crippen LogP contribution is -2.47. The molecule has 1 N–H and O–H groups in total. The summed E-state index contributed by atoms with van der Waals surface area (Å²) >= 11 is 0.